The van der Waals surface area contributed by atoms with Crippen LogP contribution in [-0.2, 0) is 47.7 Å². The molecule has 12 nitrogen and oxygen atoms in total. The van der Waals surface area contributed by atoms with Gasteiger partial charge >= 0.3 is 23.9 Å². The van der Waals surface area contributed by atoms with Gasteiger partial charge in [0.2, 0.25) is 0 Å². The predicted octanol–water partition coefficient (Wildman–Crippen LogP) is -0.366. The van der Waals surface area contributed by atoms with Crippen molar-refractivity contribution in [3.63, 3.8) is 0 Å². The Balaban J connectivity index is 3.11. The summed E-state index contributed by atoms with van der Waals surface area (Å²) in [5.74, 6) is -10.5. The normalized spacial score (nSPS) is 20.9. The number of nitrogens with zero attached hydrogens (tertiary/aromatic N) is 2. The predicted molar refractivity (Wildman–Crippen MR) is 116 cm³/mol. The van der Waals surface area contributed by atoms with Gasteiger partial charge in [-0.15, -0.1) is 0 Å². The molecule has 0 aromatic heterocycles. The summed E-state index contributed by atoms with van der Waals surface area (Å²) < 4.78 is 19.6. The lowest BCUT2D eigenvalue weighted by molar-refractivity contribution is -0.199. The van der Waals surface area contributed by atoms with Crippen molar-refractivity contribution < 1.29 is 47.7 Å². The molecule has 0 aliphatic heterocycles. The van der Waals surface area contributed by atoms with Crippen LogP contribution in [0.4, 0.5) is 0 Å². The Bertz CT molecular complexity index is 712. The largest absolute Gasteiger partial charge is 0.469 e. The zero-order valence-corrected chi connectivity index (χ0v) is 20.5. The Labute approximate surface area is 198 Å². The molecule has 4 atom stereocenters. The molecule has 0 aromatic rings. The van der Waals surface area contributed by atoms with E-state index in [-0.39, 0.29) is 0 Å². The van der Waals surface area contributed by atoms with Crippen molar-refractivity contribution in [1.82, 2.24) is 9.80 Å². The van der Waals surface area contributed by atoms with E-state index in [0.717, 1.165) is 14.2 Å². The van der Waals surface area contributed by atoms with Gasteiger partial charge in [-0.2, -0.15) is 0 Å². The van der Waals surface area contributed by atoms with Crippen molar-refractivity contribution in [2.24, 2.45) is 23.7 Å². The molecule has 1 rings (SSSR count). The first-order chi connectivity index (χ1) is 16.1. The van der Waals surface area contributed by atoms with Crippen LogP contribution in [-0.4, -0.2) is 99.1 Å². The van der Waals surface area contributed by atoms with Crippen molar-refractivity contribution in [3.05, 3.63) is 0 Å². The molecular weight excluding hydrogens is 452 g/mol. The maximum Gasteiger partial charge on any atom is 0.311 e. The lowest BCUT2D eigenvalue weighted by Gasteiger charge is -2.45. The Kier molecular flexibility index (Phi) is 11.5. The minimum atomic E-state index is -1.45. The molecule has 0 saturated heterocycles. The van der Waals surface area contributed by atoms with Crippen molar-refractivity contribution in [1.29, 1.82) is 0 Å². The van der Waals surface area contributed by atoms with Gasteiger partial charge in [0.05, 0.1) is 37.9 Å². The molecule has 34 heavy (non-hydrogen) atoms. The van der Waals surface area contributed by atoms with E-state index in [1.165, 1.54) is 9.80 Å². The monoisotopic (exact) mass is 486 g/mol. The van der Waals surface area contributed by atoms with Gasteiger partial charge in [0.1, 0.15) is 0 Å². The van der Waals surface area contributed by atoms with E-state index in [1.54, 1.807) is 27.7 Å². The van der Waals surface area contributed by atoms with Gasteiger partial charge in [0, 0.05) is 26.2 Å². The molecule has 0 spiro atoms. The van der Waals surface area contributed by atoms with Crippen LogP contribution in [0, 0.1) is 23.7 Å². The van der Waals surface area contributed by atoms with Crippen LogP contribution >= 0.6 is 0 Å². The van der Waals surface area contributed by atoms with Crippen molar-refractivity contribution in [2.45, 2.75) is 27.7 Å². The standard InChI is InChI=1S/C22H34N2O10/c1-7-23(8-2)13(25)11-33-21(29)17-15(19(27)31-5)16(20(28)32-6)18(17)22(30)34-12-14(26)24(9-3)10-4/h15-18H,7-12H2,1-6H3. The minimum absolute atomic E-state index is 0.404. The summed E-state index contributed by atoms with van der Waals surface area (Å²) >= 11 is 0. The summed E-state index contributed by atoms with van der Waals surface area (Å²) in [6, 6.07) is 0. The van der Waals surface area contributed by atoms with Crippen LogP contribution in [0.25, 0.3) is 0 Å². The molecule has 1 aliphatic carbocycles. The Morgan fingerprint density at radius 1 is 0.529 bits per heavy atom. The second-order valence-electron chi connectivity index (χ2n) is 7.50. The highest BCUT2D eigenvalue weighted by atomic mass is 16.6. The first kappa shape index (κ1) is 28.9. The van der Waals surface area contributed by atoms with Crippen molar-refractivity contribution in [2.75, 3.05) is 53.6 Å². The molecule has 2 amide bonds. The quantitative estimate of drug-likeness (QED) is 0.265. The highest BCUT2D eigenvalue weighted by Gasteiger charge is 2.65. The first-order valence-electron chi connectivity index (χ1n) is 11.2. The van der Waals surface area contributed by atoms with Crippen LogP contribution in [0.2, 0.25) is 0 Å². The lowest BCUT2D eigenvalue weighted by atomic mass is 9.56. The highest BCUT2D eigenvalue weighted by molar-refractivity contribution is 5.98. The number of carbonyl (C=O) groups excluding carboxylic acids is 6. The molecule has 0 N–H and O–H groups in total. The fourth-order valence-corrected chi connectivity index (χ4v) is 3.99. The van der Waals surface area contributed by atoms with Crippen LogP contribution in [0.3, 0.4) is 0 Å². The maximum absolute atomic E-state index is 12.8. The zero-order chi connectivity index (χ0) is 26.0. The van der Waals surface area contributed by atoms with Crippen LogP contribution in [0.5, 0.6) is 0 Å². The van der Waals surface area contributed by atoms with E-state index in [0.29, 0.717) is 26.2 Å². The zero-order valence-electron chi connectivity index (χ0n) is 20.5. The van der Waals surface area contributed by atoms with Crippen LogP contribution in [0.1, 0.15) is 27.7 Å². The first-order valence-corrected chi connectivity index (χ1v) is 11.2. The van der Waals surface area contributed by atoms with Gasteiger partial charge in [-0.1, -0.05) is 0 Å². The maximum atomic E-state index is 12.8. The third-order valence-corrected chi connectivity index (χ3v) is 5.95. The van der Waals surface area contributed by atoms with E-state index in [9.17, 15) is 28.8 Å². The molecule has 1 aliphatic rings. The fourth-order valence-electron chi connectivity index (χ4n) is 3.99. The molecule has 1 saturated carbocycles. The Morgan fingerprint density at radius 3 is 1.03 bits per heavy atom. The van der Waals surface area contributed by atoms with Gasteiger partial charge in [-0.25, -0.2) is 0 Å². The third-order valence-electron chi connectivity index (χ3n) is 5.95. The molecule has 4 unspecified atom stereocenters. The van der Waals surface area contributed by atoms with Gasteiger partial charge in [0.15, 0.2) is 13.2 Å². The number of likely N-dealkylation sites (N-methyl/N-ethyl adjacent to an activating group) is 2. The van der Waals surface area contributed by atoms with Gasteiger partial charge in [0.25, 0.3) is 11.8 Å². The Hall–Kier alpha value is -3.18. The number of hydrogen-bond acceptors (Lipinski definition) is 10. The van der Waals surface area contributed by atoms with E-state index in [4.69, 9.17) is 18.9 Å². The van der Waals surface area contributed by atoms with Gasteiger partial charge in [-0.05, 0) is 27.7 Å². The van der Waals surface area contributed by atoms with Gasteiger partial charge in [-0.3, -0.25) is 28.8 Å². The summed E-state index contributed by atoms with van der Waals surface area (Å²) in [4.78, 5) is 77.6. The number of hydrogen-bond donors (Lipinski definition) is 0. The third kappa shape index (κ3) is 6.45. The molecule has 192 valence electrons. The number of amides is 2. The summed E-state index contributed by atoms with van der Waals surface area (Å²) in [5, 5.41) is 0. The van der Waals surface area contributed by atoms with Crippen molar-refractivity contribution >= 4 is 35.7 Å². The second-order valence-corrected chi connectivity index (χ2v) is 7.50. The molecule has 0 bridgehead atoms. The summed E-state index contributed by atoms with van der Waals surface area (Å²) in [6.07, 6.45) is 0. The van der Waals surface area contributed by atoms with E-state index >= 15 is 0 Å². The summed E-state index contributed by atoms with van der Waals surface area (Å²) in [5.41, 5.74) is 0. The average Bonchev–Trinajstić information content (AvgIpc) is 2.81. The average molecular weight is 487 g/mol. The van der Waals surface area contributed by atoms with Crippen LogP contribution in [0.15, 0.2) is 0 Å². The molecule has 0 aromatic carbocycles. The number of carbonyl (C=O) groups is 6. The number of methoxy groups -OCH3 is 2. The molecule has 0 radical (unpaired) electrons. The van der Waals surface area contributed by atoms with Crippen LogP contribution < -0.4 is 0 Å². The minimum Gasteiger partial charge on any atom is -0.469 e. The lowest BCUT2D eigenvalue weighted by Crippen LogP contribution is -2.61. The summed E-state index contributed by atoms with van der Waals surface area (Å²) in [7, 11) is 2.13. The van der Waals surface area contributed by atoms with E-state index < -0.39 is 72.6 Å². The number of ether oxygens (including phenoxy) is 4. The molecule has 12 heteroatoms. The number of rotatable bonds is 12. The van der Waals surface area contributed by atoms with E-state index in [2.05, 4.69) is 0 Å². The van der Waals surface area contributed by atoms with Crippen molar-refractivity contribution in [3.8, 4) is 0 Å². The van der Waals surface area contributed by atoms with Gasteiger partial charge < -0.3 is 28.7 Å². The topological polar surface area (TPSA) is 146 Å². The summed E-state index contributed by atoms with van der Waals surface area (Å²) in [6.45, 7) is 7.45. The fraction of sp³-hybridized carbons (Fsp3) is 0.727. The molecule has 1 fully saturated rings. The highest BCUT2D eigenvalue weighted by Crippen LogP contribution is 2.49. The number of esters is 4. The molecule has 0 heterocycles. The SMILES string of the molecule is CCN(CC)C(=O)COC(=O)C1C(C(=O)OC)C(C(=O)OC)C1C(=O)OCC(=O)N(CC)CC. The van der Waals surface area contributed by atoms with E-state index in [1.807, 2.05) is 0 Å². The second kappa shape index (κ2) is 13.5. The smallest absolute Gasteiger partial charge is 0.311 e. The Morgan fingerprint density at radius 2 is 0.794 bits per heavy atom. The molecular formula is C22H34N2O10.